The van der Waals surface area contributed by atoms with Crippen LogP contribution in [0.5, 0.6) is 0 Å². The van der Waals surface area contributed by atoms with Crippen LogP contribution < -0.4 is 0 Å². The van der Waals surface area contributed by atoms with Crippen LogP contribution in [0.1, 0.15) is 68.9 Å². The maximum absolute atomic E-state index is 12.1. The summed E-state index contributed by atoms with van der Waals surface area (Å²) in [6, 6.07) is 10.4. The van der Waals surface area contributed by atoms with Crippen molar-refractivity contribution in [1.29, 1.82) is 5.26 Å². The molecule has 0 radical (unpaired) electrons. The van der Waals surface area contributed by atoms with Crippen molar-refractivity contribution in [3.05, 3.63) is 58.2 Å². The molecule has 2 fully saturated rings. The third kappa shape index (κ3) is 3.97. The van der Waals surface area contributed by atoms with E-state index < -0.39 is 0 Å². The Kier molecular flexibility index (Phi) is 6.00. The third-order valence-electron chi connectivity index (χ3n) is 8.57. The summed E-state index contributed by atoms with van der Waals surface area (Å²) in [4.78, 5) is 12.1. The first kappa shape index (κ1) is 22.1. The van der Waals surface area contributed by atoms with Crippen LogP contribution in [0.4, 0.5) is 0 Å². The van der Waals surface area contributed by atoms with E-state index in [0.29, 0.717) is 18.3 Å². The molecule has 4 nitrogen and oxygen atoms in total. The Morgan fingerprint density at radius 1 is 1.12 bits per heavy atom. The van der Waals surface area contributed by atoms with E-state index in [1.54, 1.807) is 5.57 Å². The van der Waals surface area contributed by atoms with E-state index in [2.05, 4.69) is 43.0 Å². The van der Waals surface area contributed by atoms with Gasteiger partial charge in [-0.1, -0.05) is 36.5 Å². The van der Waals surface area contributed by atoms with Gasteiger partial charge in [0.2, 0.25) is 0 Å². The maximum atomic E-state index is 12.1. The van der Waals surface area contributed by atoms with Gasteiger partial charge in [-0.3, -0.25) is 4.79 Å². The van der Waals surface area contributed by atoms with E-state index in [1.165, 1.54) is 16.7 Å². The largest absolute Gasteiger partial charge is 0.393 e. The van der Waals surface area contributed by atoms with Gasteiger partial charge in [-0.25, -0.2) is 0 Å². The molecule has 5 rings (SSSR count). The summed E-state index contributed by atoms with van der Waals surface area (Å²) in [5, 5.41) is 19.5. The van der Waals surface area contributed by atoms with Crippen LogP contribution >= 0.6 is 0 Å². The van der Waals surface area contributed by atoms with Crippen LogP contribution in [0, 0.1) is 40.4 Å². The zero-order valence-electron chi connectivity index (χ0n) is 19.3. The number of hydrogen-bond donors (Lipinski definition) is 1. The van der Waals surface area contributed by atoms with Gasteiger partial charge >= 0.3 is 0 Å². The van der Waals surface area contributed by atoms with Crippen molar-refractivity contribution in [3.63, 3.8) is 0 Å². The lowest BCUT2D eigenvalue weighted by Crippen LogP contribution is -2.45. The predicted molar refractivity (Wildman–Crippen MR) is 126 cm³/mol. The van der Waals surface area contributed by atoms with Crippen molar-refractivity contribution in [2.24, 2.45) is 17.3 Å². The number of carbonyl (C=O) groups excluding carboxylic acids is 1. The van der Waals surface area contributed by atoms with Crippen molar-refractivity contribution >= 4 is 5.78 Å². The fourth-order valence-electron chi connectivity index (χ4n) is 7.02. The zero-order chi connectivity index (χ0) is 23.0. The lowest BCUT2D eigenvalue weighted by atomic mass is 9.53. The number of ketones is 1. The van der Waals surface area contributed by atoms with Gasteiger partial charge in [0.1, 0.15) is 13.2 Å². The standard InChI is InChI=1S/C29H31NO3/c1-29-18-25(20-6-4-19(5-7-20)3-2-15-33-16-14-30)28-23-11-9-22(31)17-21(23)8-10-24(28)26(29)12-13-27(29)32/h4-7,17,24-27,32H,8-13,15-16,18H2,1H3. The lowest BCUT2D eigenvalue weighted by Gasteiger charge is -2.52. The summed E-state index contributed by atoms with van der Waals surface area (Å²) in [6.07, 6.45) is 8.20. The maximum Gasteiger partial charge on any atom is 0.156 e. The van der Waals surface area contributed by atoms with Crippen LogP contribution in [0.3, 0.4) is 0 Å². The Labute approximate surface area is 196 Å². The van der Waals surface area contributed by atoms with E-state index in [4.69, 9.17) is 10.00 Å². The number of rotatable bonds is 3. The second kappa shape index (κ2) is 8.94. The van der Waals surface area contributed by atoms with E-state index in [9.17, 15) is 9.90 Å². The molecule has 1 aromatic rings. The van der Waals surface area contributed by atoms with Gasteiger partial charge in [-0.15, -0.1) is 0 Å². The monoisotopic (exact) mass is 441 g/mol. The summed E-state index contributed by atoms with van der Waals surface area (Å²) in [5.41, 5.74) is 6.43. The molecule has 4 aliphatic carbocycles. The Balaban J connectivity index is 1.50. The Bertz CT molecular complexity index is 1110. The predicted octanol–water partition coefficient (Wildman–Crippen LogP) is 4.84. The molecule has 0 bridgehead atoms. The van der Waals surface area contributed by atoms with Crippen LogP contribution in [0.2, 0.25) is 0 Å². The minimum Gasteiger partial charge on any atom is -0.393 e. The van der Waals surface area contributed by atoms with Gasteiger partial charge < -0.3 is 9.84 Å². The summed E-state index contributed by atoms with van der Waals surface area (Å²) < 4.78 is 5.11. The SMILES string of the molecule is CC12CC(c3ccc(C#CCOCC#N)cc3)C3=C4CCC(=O)C=C4CCC3C1CCC2O. The van der Waals surface area contributed by atoms with Gasteiger partial charge in [-0.05, 0) is 90.7 Å². The first-order valence-corrected chi connectivity index (χ1v) is 12.2. The normalized spacial score (nSPS) is 32.6. The van der Waals surface area contributed by atoms with E-state index >= 15 is 0 Å². The van der Waals surface area contributed by atoms with Crippen molar-refractivity contribution < 1.29 is 14.6 Å². The molecule has 0 spiro atoms. The van der Waals surface area contributed by atoms with Gasteiger partial charge in [0, 0.05) is 17.9 Å². The van der Waals surface area contributed by atoms with E-state index in [-0.39, 0.29) is 36.4 Å². The summed E-state index contributed by atoms with van der Waals surface area (Å²) in [6.45, 7) is 2.61. The molecule has 0 aliphatic heterocycles. The highest BCUT2D eigenvalue weighted by Crippen LogP contribution is 2.63. The second-order valence-electron chi connectivity index (χ2n) is 10.3. The lowest BCUT2D eigenvalue weighted by molar-refractivity contribution is -0.114. The van der Waals surface area contributed by atoms with Crippen molar-refractivity contribution in [3.8, 4) is 17.9 Å². The first-order chi connectivity index (χ1) is 16.0. The van der Waals surface area contributed by atoms with Crippen LogP contribution in [-0.2, 0) is 9.53 Å². The molecule has 5 atom stereocenters. The van der Waals surface area contributed by atoms with E-state index in [1.807, 2.05) is 12.1 Å². The molecular formula is C29H31NO3. The van der Waals surface area contributed by atoms with Gasteiger partial charge in [0.15, 0.2) is 5.78 Å². The number of nitriles is 1. The topological polar surface area (TPSA) is 70.3 Å². The molecule has 5 unspecified atom stereocenters. The average molecular weight is 442 g/mol. The number of carbonyl (C=O) groups is 1. The Morgan fingerprint density at radius 2 is 1.94 bits per heavy atom. The molecule has 4 aliphatic rings. The molecule has 4 heteroatoms. The number of ether oxygens (including phenoxy) is 1. The molecular weight excluding hydrogens is 410 g/mol. The molecule has 1 aromatic carbocycles. The van der Waals surface area contributed by atoms with Crippen LogP contribution in [0.15, 0.2) is 47.1 Å². The average Bonchev–Trinajstić information content (AvgIpc) is 3.12. The fraction of sp³-hybridized carbons (Fsp3) is 0.517. The fourth-order valence-corrected chi connectivity index (χ4v) is 7.02. The molecule has 33 heavy (non-hydrogen) atoms. The summed E-state index contributed by atoms with van der Waals surface area (Å²) in [7, 11) is 0. The molecule has 1 N–H and O–H groups in total. The number of benzene rings is 1. The number of fused-ring (bicyclic) bond motifs is 4. The molecule has 0 heterocycles. The highest BCUT2D eigenvalue weighted by molar-refractivity contribution is 5.93. The number of nitrogens with zero attached hydrogens (tertiary/aromatic N) is 1. The molecule has 170 valence electrons. The summed E-state index contributed by atoms with van der Waals surface area (Å²) >= 11 is 0. The number of allylic oxidation sites excluding steroid dienone is 4. The minimum atomic E-state index is -0.236. The highest BCUT2D eigenvalue weighted by Gasteiger charge is 2.56. The quantitative estimate of drug-likeness (QED) is 0.538. The number of aliphatic hydroxyl groups excluding tert-OH is 1. The van der Waals surface area contributed by atoms with Gasteiger partial charge in [-0.2, -0.15) is 5.26 Å². The Hall–Kier alpha value is -2.66. The second-order valence-corrected chi connectivity index (χ2v) is 10.3. The summed E-state index contributed by atoms with van der Waals surface area (Å²) in [5.74, 6) is 7.64. The van der Waals surface area contributed by atoms with Crippen molar-refractivity contribution in [2.45, 2.75) is 63.9 Å². The molecule has 0 aromatic heterocycles. The molecule has 0 saturated heterocycles. The molecule has 0 amide bonds. The van der Waals surface area contributed by atoms with Gasteiger partial charge in [0.05, 0.1) is 12.2 Å². The van der Waals surface area contributed by atoms with Crippen molar-refractivity contribution in [2.75, 3.05) is 13.2 Å². The van der Waals surface area contributed by atoms with E-state index in [0.717, 1.165) is 44.1 Å². The van der Waals surface area contributed by atoms with Gasteiger partial charge in [0.25, 0.3) is 0 Å². The van der Waals surface area contributed by atoms with Crippen LogP contribution in [-0.4, -0.2) is 30.2 Å². The Morgan fingerprint density at radius 3 is 2.73 bits per heavy atom. The molecule has 2 saturated carbocycles. The number of hydrogen-bond acceptors (Lipinski definition) is 4. The highest BCUT2D eigenvalue weighted by atomic mass is 16.5. The first-order valence-electron chi connectivity index (χ1n) is 12.2. The minimum absolute atomic E-state index is 0.0539. The zero-order valence-corrected chi connectivity index (χ0v) is 19.3. The van der Waals surface area contributed by atoms with Crippen LogP contribution in [0.25, 0.3) is 0 Å². The number of aliphatic hydroxyl groups is 1. The third-order valence-corrected chi connectivity index (χ3v) is 8.57. The van der Waals surface area contributed by atoms with Crippen molar-refractivity contribution in [1.82, 2.24) is 0 Å². The smallest absolute Gasteiger partial charge is 0.156 e.